The van der Waals surface area contributed by atoms with E-state index in [1.807, 2.05) is 0 Å². The van der Waals surface area contributed by atoms with Gasteiger partial charge in [-0.05, 0) is 31.5 Å². The molecule has 8 heteroatoms. The Bertz CT molecular complexity index is 682. The zero-order valence-corrected chi connectivity index (χ0v) is 12.9. The predicted molar refractivity (Wildman–Crippen MR) is 77.9 cm³/mol. The van der Waals surface area contributed by atoms with Crippen molar-refractivity contribution >= 4 is 21.4 Å². The van der Waals surface area contributed by atoms with Crippen molar-refractivity contribution < 1.29 is 8.42 Å². The molecule has 0 spiro atoms. The van der Waals surface area contributed by atoms with E-state index in [0.29, 0.717) is 23.0 Å². The quantitative estimate of drug-likeness (QED) is 0.833. The number of thiophene rings is 1. The van der Waals surface area contributed by atoms with Crippen LogP contribution in [0, 0.1) is 6.92 Å². The molecule has 108 valence electrons. The fraction of sp³-hybridized carbons (Fsp3) is 0.333. The van der Waals surface area contributed by atoms with E-state index in [4.69, 9.17) is 0 Å². The second-order valence-corrected chi connectivity index (χ2v) is 6.89. The second kappa shape index (κ2) is 6.40. The van der Waals surface area contributed by atoms with Gasteiger partial charge in [-0.15, -0.1) is 11.3 Å². The topological polar surface area (TPSA) is 84.0 Å². The first-order valence-corrected chi connectivity index (χ1v) is 8.38. The van der Waals surface area contributed by atoms with E-state index >= 15 is 0 Å². The van der Waals surface area contributed by atoms with Crippen molar-refractivity contribution in [1.29, 1.82) is 0 Å². The van der Waals surface area contributed by atoms with Crippen molar-refractivity contribution in [3.05, 3.63) is 40.1 Å². The highest BCUT2D eigenvalue weighted by atomic mass is 32.2. The van der Waals surface area contributed by atoms with Gasteiger partial charge >= 0.3 is 0 Å². The first-order chi connectivity index (χ1) is 9.53. The van der Waals surface area contributed by atoms with Crippen LogP contribution in [0.3, 0.4) is 0 Å². The lowest BCUT2D eigenvalue weighted by molar-refractivity contribution is 0.579. The lowest BCUT2D eigenvalue weighted by atomic mass is 10.4. The Kier molecular flexibility index (Phi) is 4.81. The smallest absolute Gasteiger partial charge is 0.242 e. The van der Waals surface area contributed by atoms with Crippen molar-refractivity contribution in [3.8, 4) is 0 Å². The standard InChI is InChI=1S/C12H16N4O2S2/c1-9-14-5-3-10(16-9)7-15-20(17,18)12-4-6-19-11(12)8-13-2/h3-6,13,15H,7-8H2,1-2H3. The van der Waals surface area contributed by atoms with Crippen molar-refractivity contribution in [3.63, 3.8) is 0 Å². The summed E-state index contributed by atoms with van der Waals surface area (Å²) in [6, 6.07) is 3.31. The lowest BCUT2D eigenvalue weighted by Crippen LogP contribution is -2.25. The highest BCUT2D eigenvalue weighted by molar-refractivity contribution is 7.89. The van der Waals surface area contributed by atoms with Crippen LogP contribution in [0.5, 0.6) is 0 Å². The molecule has 2 aromatic heterocycles. The van der Waals surface area contributed by atoms with Crippen LogP contribution in [-0.2, 0) is 23.1 Å². The number of rotatable bonds is 6. The van der Waals surface area contributed by atoms with Crippen molar-refractivity contribution in [1.82, 2.24) is 20.0 Å². The Hall–Kier alpha value is -1.35. The molecule has 2 heterocycles. The molecule has 0 aromatic carbocycles. The fourth-order valence-corrected chi connectivity index (χ4v) is 4.16. The van der Waals surface area contributed by atoms with Gasteiger partial charge in [-0.1, -0.05) is 0 Å². The molecule has 0 amide bonds. The van der Waals surface area contributed by atoms with Crippen LogP contribution in [0.4, 0.5) is 0 Å². The van der Waals surface area contributed by atoms with Gasteiger partial charge < -0.3 is 5.32 Å². The minimum absolute atomic E-state index is 0.153. The minimum Gasteiger partial charge on any atom is -0.315 e. The third kappa shape index (κ3) is 3.60. The van der Waals surface area contributed by atoms with Gasteiger partial charge in [0, 0.05) is 17.6 Å². The number of aryl methyl sites for hydroxylation is 1. The molecule has 6 nitrogen and oxygen atoms in total. The summed E-state index contributed by atoms with van der Waals surface area (Å²) in [6.45, 7) is 2.45. The van der Waals surface area contributed by atoms with Crippen LogP contribution in [0.1, 0.15) is 16.4 Å². The number of aromatic nitrogens is 2. The largest absolute Gasteiger partial charge is 0.315 e. The minimum atomic E-state index is -3.52. The number of sulfonamides is 1. The van der Waals surface area contributed by atoms with Gasteiger partial charge in [0.05, 0.1) is 17.1 Å². The highest BCUT2D eigenvalue weighted by Crippen LogP contribution is 2.21. The third-order valence-electron chi connectivity index (χ3n) is 2.61. The first-order valence-electron chi connectivity index (χ1n) is 6.02. The maximum atomic E-state index is 12.3. The molecule has 20 heavy (non-hydrogen) atoms. The molecule has 0 aliphatic carbocycles. The van der Waals surface area contributed by atoms with Crippen LogP contribution < -0.4 is 10.0 Å². The monoisotopic (exact) mass is 312 g/mol. The summed E-state index contributed by atoms with van der Waals surface area (Å²) in [7, 11) is -1.74. The Balaban J connectivity index is 2.13. The molecular weight excluding hydrogens is 296 g/mol. The number of nitrogens with one attached hydrogen (secondary N) is 2. The molecule has 0 fully saturated rings. The van der Waals surface area contributed by atoms with E-state index in [2.05, 4.69) is 20.0 Å². The SMILES string of the molecule is CNCc1sccc1S(=O)(=O)NCc1ccnc(C)n1. The van der Waals surface area contributed by atoms with Gasteiger partial charge in [-0.3, -0.25) is 0 Å². The van der Waals surface area contributed by atoms with Gasteiger partial charge in [0.25, 0.3) is 0 Å². The molecule has 0 radical (unpaired) electrons. The van der Waals surface area contributed by atoms with E-state index in [1.54, 1.807) is 37.7 Å². The van der Waals surface area contributed by atoms with Gasteiger partial charge in [-0.25, -0.2) is 23.1 Å². The summed E-state index contributed by atoms with van der Waals surface area (Å²) < 4.78 is 27.1. The maximum Gasteiger partial charge on any atom is 0.242 e. The Morgan fingerprint density at radius 2 is 2.10 bits per heavy atom. The molecule has 2 aromatic rings. The highest BCUT2D eigenvalue weighted by Gasteiger charge is 2.19. The predicted octanol–water partition coefficient (Wildman–Crippen LogP) is 1.04. The fourth-order valence-electron chi connectivity index (χ4n) is 1.71. The number of nitrogens with zero attached hydrogens (tertiary/aromatic N) is 2. The molecule has 0 aliphatic rings. The Morgan fingerprint density at radius 3 is 2.80 bits per heavy atom. The lowest BCUT2D eigenvalue weighted by Gasteiger charge is -2.07. The Labute approximate surface area is 122 Å². The van der Waals surface area contributed by atoms with Gasteiger partial charge in [0.2, 0.25) is 10.0 Å². The summed E-state index contributed by atoms with van der Waals surface area (Å²) in [5.41, 5.74) is 0.645. The van der Waals surface area contributed by atoms with E-state index in [1.165, 1.54) is 11.3 Å². The summed E-state index contributed by atoms with van der Waals surface area (Å²) in [5, 5.41) is 4.74. The first kappa shape index (κ1) is 15.0. The molecule has 0 bridgehead atoms. The normalized spacial score (nSPS) is 11.7. The summed E-state index contributed by atoms with van der Waals surface area (Å²) in [6.07, 6.45) is 1.61. The van der Waals surface area contributed by atoms with E-state index < -0.39 is 10.0 Å². The summed E-state index contributed by atoms with van der Waals surface area (Å²) in [5.74, 6) is 0.619. The van der Waals surface area contributed by atoms with Crippen LogP contribution in [0.15, 0.2) is 28.6 Å². The molecule has 0 atom stereocenters. The zero-order chi connectivity index (χ0) is 14.6. The average Bonchev–Trinajstić information content (AvgIpc) is 2.86. The van der Waals surface area contributed by atoms with E-state index in [9.17, 15) is 8.42 Å². The van der Waals surface area contributed by atoms with Crippen LogP contribution in [-0.4, -0.2) is 25.4 Å². The molecule has 2 N–H and O–H groups in total. The van der Waals surface area contributed by atoms with Gasteiger partial charge in [0.1, 0.15) is 5.82 Å². The molecule has 0 saturated carbocycles. The van der Waals surface area contributed by atoms with Crippen molar-refractivity contribution in [2.24, 2.45) is 0 Å². The number of hydrogen-bond donors (Lipinski definition) is 2. The van der Waals surface area contributed by atoms with Crippen molar-refractivity contribution in [2.45, 2.75) is 24.9 Å². The van der Waals surface area contributed by atoms with Gasteiger partial charge in [0.15, 0.2) is 0 Å². The summed E-state index contributed by atoms with van der Waals surface area (Å²) >= 11 is 1.42. The van der Waals surface area contributed by atoms with Crippen LogP contribution in [0.2, 0.25) is 0 Å². The van der Waals surface area contributed by atoms with E-state index in [0.717, 1.165) is 4.88 Å². The van der Waals surface area contributed by atoms with Crippen molar-refractivity contribution in [2.75, 3.05) is 7.05 Å². The number of hydrogen-bond acceptors (Lipinski definition) is 6. The molecule has 0 unspecified atom stereocenters. The van der Waals surface area contributed by atoms with Gasteiger partial charge in [-0.2, -0.15) is 0 Å². The average molecular weight is 312 g/mol. The third-order valence-corrected chi connectivity index (χ3v) is 5.14. The zero-order valence-electron chi connectivity index (χ0n) is 11.3. The summed E-state index contributed by atoms with van der Waals surface area (Å²) in [4.78, 5) is 9.26. The molecule has 0 saturated heterocycles. The Morgan fingerprint density at radius 1 is 1.30 bits per heavy atom. The van der Waals surface area contributed by atoms with Crippen LogP contribution in [0.25, 0.3) is 0 Å². The molecule has 2 rings (SSSR count). The molecule has 0 aliphatic heterocycles. The molecular formula is C12H16N4O2S2. The van der Waals surface area contributed by atoms with E-state index in [-0.39, 0.29) is 6.54 Å². The maximum absolute atomic E-state index is 12.3. The second-order valence-electron chi connectivity index (χ2n) is 4.16. The van der Waals surface area contributed by atoms with Crippen LogP contribution >= 0.6 is 11.3 Å².